The SMILES string of the molecule is COC.OCC1OC(O)CC(O)C1O. The third-order valence-electron chi connectivity index (χ3n) is 1.73. The van der Waals surface area contributed by atoms with Crippen LogP contribution < -0.4 is 0 Å². The summed E-state index contributed by atoms with van der Waals surface area (Å²) in [6, 6.07) is 0. The van der Waals surface area contributed by atoms with E-state index in [1.807, 2.05) is 0 Å². The number of aliphatic hydroxyl groups is 4. The second-order valence-corrected chi connectivity index (χ2v) is 3.01. The number of methoxy groups -OCH3 is 1. The molecule has 0 spiro atoms. The van der Waals surface area contributed by atoms with Gasteiger partial charge < -0.3 is 29.9 Å². The Balaban J connectivity index is 0.000000500. The molecule has 1 saturated heterocycles. The fraction of sp³-hybridized carbons (Fsp3) is 1.00. The second-order valence-electron chi connectivity index (χ2n) is 3.01. The minimum Gasteiger partial charge on any atom is -0.394 e. The van der Waals surface area contributed by atoms with Crippen molar-refractivity contribution in [3.8, 4) is 0 Å². The Hall–Kier alpha value is -0.240. The van der Waals surface area contributed by atoms with Crippen LogP contribution in [0.3, 0.4) is 0 Å². The molecule has 86 valence electrons. The van der Waals surface area contributed by atoms with E-state index in [0.717, 1.165) is 0 Å². The minimum absolute atomic E-state index is 0.0162. The van der Waals surface area contributed by atoms with Gasteiger partial charge >= 0.3 is 0 Å². The van der Waals surface area contributed by atoms with Gasteiger partial charge in [0.1, 0.15) is 12.2 Å². The lowest BCUT2D eigenvalue weighted by Crippen LogP contribution is -2.49. The van der Waals surface area contributed by atoms with E-state index in [-0.39, 0.29) is 6.42 Å². The molecule has 0 aromatic heterocycles. The maximum Gasteiger partial charge on any atom is 0.157 e. The van der Waals surface area contributed by atoms with Gasteiger partial charge in [0.25, 0.3) is 0 Å². The summed E-state index contributed by atoms with van der Waals surface area (Å²) in [5, 5.41) is 35.6. The molecule has 0 aromatic rings. The van der Waals surface area contributed by atoms with Crippen molar-refractivity contribution in [1.82, 2.24) is 0 Å². The summed E-state index contributed by atoms with van der Waals surface area (Å²) in [5.74, 6) is 0. The molecular weight excluding hydrogens is 192 g/mol. The molecule has 6 nitrogen and oxygen atoms in total. The molecule has 1 aliphatic rings. The first-order chi connectivity index (χ1) is 6.56. The number of aliphatic hydroxyl groups excluding tert-OH is 4. The fourth-order valence-corrected chi connectivity index (χ4v) is 1.08. The molecule has 0 amide bonds. The number of hydrogen-bond acceptors (Lipinski definition) is 6. The molecule has 1 fully saturated rings. The predicted molar refractivity (Wildman–Crippen MR) is 47.5 cm³/mol. The Morgan fingerprint density at radius 3 is 2.21 bits per heavy atom. The molecule has 0 bridgehead atoms. The van der Waals surface area contributed by atoms with Crippen molar-refractivity contribution in [3.63, 3.8) is 0 Å². The molecule has 4 unspecified atom stereocenters. The number of ether oxygens (including phenoxy) is 2. The molecule has 0 radical (unpaired) electrons. The van der Waals surface area contributed by atoms with Crippen molar-refractivity contribution in [2.75, 3.05) is 20.8 Å². The number of rotatable bonds is 1. The summed E-state index contributed by atoms with van der Waals surface area (Å²) in [6.45, 7) is -0.407. The summed E-state index contributed by atoms with van der Waals surface area (Å²) in [7, 11) is 3.25. The smallest absolute Gasteiger partial charge is 0.157 e. The lowest BCUT2D eigenvalue weighted by molar-refractivity contribution is -0.239. The maximum absolute atomic E-state index is 9.11. The molecule has 1 aliphatic heterocycles. The van der Waals surface area contributed by atoms with Crippen LogP contribution in [0.15, 0.2) is 0 Å². The summed E-state index contributed by atoms with van der Waals surface area (Å²) in [6.07, 6.45) is -4.11. The Kier molecular flexibility index (Phi) is 6.98. The minimum atomic E-state index is -1.11. The zero-order chi connectivity index (χ0) is 11.1. The third kappa shape index (κ3) is 4.32. The quantitative estimate of drug-likeness (QED) is 0.402. The molecule has 0 aromatic carbocycles. The summed E-state index contributed by atoms with van der Waals surface area (Å²) in [5.41, 5.74) is 0. The molecule has 14 heavy (non-hydrogen) atoms. The molecule has 0 saturated carbocycles. The first kappa shape index (κ1) is 13.8. The van der Waals surface area contributed by atoms with Crippen molar-refractivity contribution in [2.45, 2.75) is 31.0 Å². The van der Waals surface area contributed by atoms with Crippen LogP contribution in [0.2, 0.25) is 0 Å². The zero-order valence-corrected chi connectivity index (χ0v) is 8.33. The van der Waals surface area contributed by atoms with Gasteiger partial charge in [-0.1, -0.05) is 0 Å². The number of hydrogen-bond donors (Lipinski definition) is 4. The lowest BCUT2D eigenvalue weighted by atomic mass is 10.0. The van der Waals surface area contributed by atoms with Crippen molar-refractivity contribution in [3.05, 3.63) is 0 Å². The fourth-order valence-electron chi connectivity index (χ4n) is 1.08. The van der Waals surface area contributed by atoms with Gasteiger partial charge in [0, 0.05) is 20.6 Å². The van der Waals surface area contributed by atoms with Gasteiger partial charge in [-0.15, -0.1) is 0 Å². The van der Waals surface area contributed by atoms with Crippen LogP contribution in [0.25, 0.3) is 0 Å². The summed E-state index contributed by atoms with van der Waals surface area (Å²) < 4.78 is 8.96. The second kappa shape index (κ2) is 7.10. The van der Waals surface area contributed by atoms with Crippen LogP contribution >= 0.6 is 0 Å². The van der Waals surface area contributed by atoms with E-state index in [2.05, 4.69) is 4.74 Å². The monoisotopic (exact) mass is 210 g/mol. The predicted octanol–water partition coefficient (Wildman–Crippen LogP) is -1.93. The van der Waals surface area contributed by atoms with Crippen LogP contribution in [0.5, 0.6) is 0 Å². The molecule has 6 heteroatoms. The zero-order valence-electron chi connectivity index (χ0n) is 8.33. The third-order valence-corrected chi connectivity index (χ3v) is 1.73. The van der Waals surface area contributed by atoms with E-state index >= 15 is 0 Å². The van der Waals surface area contributed by atoms with Gasteiger partial charge in [-0.2, -0.15) is 0 Å². The van der Waals surface area contributed by atoms with Crippen LogP contribution in [-0.2, 0) is 9.47 Å². The van der Waals surface area contributed by atoms with Crippen LogP contribution in [0.4, 0.5) is 0 Å². The standard InChI is InChI=1S/C6H12O5.C2H6O/c7-2-4-6(10)3(8)1-5(9)11-4;1-3-2/h3-10H,1-2H2;1-2H3. The molecule has 0 aliphatic carbocycles. The highest BCUT2D eigenvalue weighted by molar-refractivity contribution is 4.81. The normalized spacial score (nSPS) is 37.3. The topological polar surface area (TPSA) is 99.4 Å². The Morgan fingerprint density at radius 1 is 1.29 bits per heavy atom. The van der Waals surface area contributed by atoms with Gasteiger partial charge in [-0.25, -0.2) is 0 Å². The van der Waals surface area contributed by atoms with E-state index in [4.69, 9.17) is 25.2 Å². The van der Waals surface area contributed by atoms with Crippen LogP contribution in [0, 0.1) is 0 Å². The molecule has 1 rings (SSSR count). The highest BCUT2D eigenvalue weighted by Crippen LogP contribution is 2.18. The van der Waals surface area contributed by atoms with E-state index in [1.165, 1.54) is 0 Å². The van der Waals surface area contributed by atoms with Gasteiger partial charge in [0.2, 0.25) is 0 Å². The van der Waals surface area contributed by atoms with E-state index < -0.39 is 31.2 Å². The van der Waals surface area contributed by atoms with Gasteiger partial charge in [0.15, 0.2) is 6.29 Å². The Bertz CT molecular complexity index is 142. The van der Waals surface area contributed by atoms with Gasteiger partial charge in [0.05, 0.1) is 12.7 Å². The van der Waals surface area contributed by atoms with E-state index in [0.29, 0.717) is 0 Å². The van der Waals surface area contributed by atoms with Crippen molar-refractivity contribution in [1.29, 1.82) is 0 Å². The van der Waals surface area contributed by atoms with E-state index in [1.54, 1.807) is 14.2 Å². The average Bonchev–Trinajstić information content (AvgIpc) is 2.12. The van der Waals surface area contributed by atoms with Crippen molar-refractivity contribution in [2.24, 2.45) is 0 Å². The Labute approximate surface area is 82.7 Å². The van der Waals surface area contributed by atoms with Gasteiger partial charge in [-0.3, -0.25) is 0 Å². The Morgan fingerprint density at radius 2 is 1.79 bits per heavy atom. The molecule has 1 heterocycles. The average molecular weight is 210 g/mol. The first-order valence-electron chi connectivity index (χ1n) is 4.27. The first-order valence-corrected chi connectivity index (χ1v) is 4.27. The summed E-state index contributed by atoms with van der Waals surface area (Å²) >= 11 is 0. The lowest BCUT2D eigenvalue weighted by Gasteiger charge is -2.33. The highest BCUT2D eigenvalue weighted by atomic mass is 16.6. The summed E-state index contributed by atoms with van der Waals surface area (Å²) in [4.78, 5) is 0. The molecule has 4 N–H and O–H groups in total. The highest BCUT2D eigenvalue weighted by Gasteiger charge is 2.35. The largest absolute Gasteiger partial charge is 0.394 e. The van der Waals surface area contributed by atoms with E-state index in [9.17, 15) is 0 Å². The maximum atomic E-state index is 9.11. The molecular formula is C8H18O6. The van der Waals surface area contributed by atoms with Crippen molar-refractivity contribution < 1.29 is 29.9 Å². The van der Waals surface area contributed by atoms with Crippen LogP contribution in [-0.4, -0.2) is 65.9 Å². The molecule has 4 atom stereocenters. The van der Waals surface area contributed by atoms with Crippen LogP contribution in [0.1, 0.15) is 6.42 Å². The van der Waals surface area contributed by atoms with Crippen molar-refractivity contribution >= 4 is 0 Å². The van der Waals surface area contributed by atoms with Gasteiger partial charge in [-0.05, 0) is 0 Å².